The largest absolute Gasteiger partial charge is 0.573 e. The lowest BCUT2D eigenvalue weighted by Crippen LogP contribution is -2.17. The molecule has 1 aromatic rings. The van der Waals surface area contributed by atoms with Crippen molar-refractivity contribution in [2.45, 2.75) is 51.3 Å². The summed E-state index contributed by atoms with van der Waals surface area (Å²) in [6.07, 6.45) is 4.58. The van der Waals surface area contributed by atoms with Gasteiger partial charge in [-0.3, -0.25) is 0 Å². The molecule has 24 heavy (non-hydrogen) atoms. The first-order valence-electron chi connectivity index (χ1n) is 8.06. The van der Waals surface area contributed by atoms with Gasteiger partial charge in [-0.25, -0.2) is 4.79 Å². The Balaban J connectivity index is 2.18. The summed E-state index contributed by atoms with van der Waals surface area (Å²) in [6, 6.07) is 4.69. The number of ether oxygens (including phenoxy) is 2. The van der Waals surface area contributed by atoms with Gasteiger partial charge in [-0.2, -0.15) is 0 Å². The minimum atomic E-state index is -4.74. The highest BCUT2D eigenvalue weighted by molar-refractivity contribution is 5.89. The van der Waals surface area contributed by atoms with Gasteiger partial charge in [-0.15, -0.1) is 19.8 Å². The van der Waals surface area contributed by atoms with Crippen LogP contribution in [0.4, 0.5) is 13.2 Å². The minimum absolute atomic E-state index is 0.203. The number of hydrogen-bond donors (Lipinski definition) is 0. The lowest BCUT2D eigenvalue weighted by Gasteiger charge is -2.09. The van der Waals surface area contributed by atoms with Gasteiger partial charge >= 0.3 is 12.3 Å². The SMILES string of the molecule is C=CCCCCCCCCOC(=O)c1ccc(OC(F)(F)F)cc1. The monoisotopic (exact) mass is 344 g/mol. The average Bonchev–Trinajstić information content (AvgIpc) is 2.52. The third-order valence-electron chi connectivity index (χ3n) is 3.36. The summed E-state index contributed by atoms with van der Waals surface area (Å²) in [4.78, 5) is 11.8. The summed E-state index contributed by atoms with van der Waals surface area (Å²) in [6.45, 7) is 3.99. The second-order valence-corrected chi connectivity index (χ2v) is 5.41. The number of carbonyl (C=O) groups is 1. The van der Waals surface area contributed by atoms with E-state index in [0.29, 0.717) is 6.61 Å². The van der Waals surface area contributed by atoms with Crippen LogP contribution in [-0.2, 0) is 4.74 Å². The smallest absolute Gasteiger partial charge is 0.462 e. The summed E-state index contributed by atoms with van der Waals surface area (Å²) in [7, 11) is 0. The maximum Gasteiger partial charge on any atom is 0.573 e. The molecule has 134 valence electrons. The van der Waals surface area contributed by atoms with E-state index in [4.69, 9.17) is 4.74 Å². The Kier molecular flexibility index (Phi) is 8.97. The molecule has 1 rings (SSSR count). The molecular weight excluding hydrogens is 321 g/mol. The second-order valence-electron chi connectivity index (χ2n) is 5.41. The zero-order valence-corrected chi connectivity index (χ0v) is 13.6. The number of hydrogen-bond acceptors (Lipinski definition) is 3. The molecule has 0 aromatic heterocycles. The standard InChI is InChI=1S/C18H23F3O3/c1-2-3-4-5-6-7-8-9-14-23-17(22)15-10-12-16(13-11-15)24-18(19,20)21/h2,10-13H,1,3-9,14H2. The van der Waals surface area contributed by atoms with Crippen LogP contribution in [-0.4, -0.2) is 18.9 Å². The number of alkyl halides is 3. The number of allylic oxidation sites excluding steroid dienone is 1. The molecule has 0 N–H and O–H groups in total. The topological polar surface area (TPSA) is 35.5 Å². The van der Waals surface area contributed by atoms with Crippen LogP contribution in [0.2, 0.25) is 0 Å². The van der Waals surface area contributed by atoms with Crippen LogP contribution in [0, 0.1) is 0 Å². The van der Waals surface area contributed by atoms with Crippen LogP contribution in [0.3, 0.4) is 0 Å². The van der Waals surface area contributed by atoms with E-state index in [1.54, 1.807) is 0 Å². The van der Waals surface area contributed by atoms with Gasteiger partial charge in [0.15, 0.2) is 0 Å². The Hall–Kier alpha value is -1.98. The molecule has 0 unspecified atom stereocenters. The van der Waals surface area contributed by atoms with E-state index in [-0.39, 0.29) is 11.3 Å². The summed E-state index contributed by atoms with van der Waals surface area (Å²) >= 11 is 0. The summed E-state index contributed by atoms with van der Waals surface area (Å²) in [5.74, 6) is -0.907. The molecule has 0 saturated heterocycles. The lowest BCUT2D eigenvalue weighted by atomic mass is 10.1. The molecule has 0 spiro atoms. The zero-order chi connectivity index (χ0) is 17.8. The molecule has 1 aromatic carbocycles. The number of halogens is 3. The van der Waals surface area contributed by atoms with Crippen LogP contribution in [0.15, 0.2) is 36.9 Å². The highest BCUT2D eigenvalue weighted by Crippen LogP contribution is 2.22. The van der Waals surface area contributed by atoms with Gasteiger partial charge in [-0.05, 0) is 43.5 Å². The van der Waals surface area contributed by atoms with Crippen molar-refractivity contribution in [2.24, 2.45) is 0 Å². The first-order chi connectivity index (χ1) is 11.4. The van der Waals surface area contributed by atoms with Gasteiger partial charge < -0.3 is 9.47 Å². The van der Waals surface area contributed by atoms with E-state index < -0.39 is 12.3 Å². The van der Waals surface area contributed by atoms with E-state index >= 15 is 0 Å². The maximum absolute atomic E-state index is 12.0. The molecular formula is C18H23F3O3. The Labute approximate surface area is 140 Å². The van der Waals surface area contributed by atoms with Crippen molar-refractivity contribution in [1.82, 2.24) is 0 Å². The third kappa shape index (κ3) is 9.22. The Morgan fingerprint density at radius 1 is 1.00 bits per heavy atom. The van der Waals surface area contributed by atoms with Gasteiger partial charge in [0, 0.05) is 0 Å². The Morgan fingerprint density at radius 2 is 1.58 bits per heavy atom. The van der Waals surface area contributed by atoms with Crippen molar-refractivity contribution >= 4 is 5.97 Å². The maximum atomic E-state index is 12.0. The van der Waals surface area contributed by atoms with Crippen molar-refractivity contribution in [2.75, 3.05) is 6.61 Å². The highest BCUT2D eigenvalue weighted by atomic mass is 19.4. The number of rotatable bonds is 11. The summed E-state index contributed by atoms with van der Waals surface area (Å²) in [5.41, 5.74) is 0.203. The fourth-order valence-corrected chi connectivity index (χ4v) is 2.14. The highest BCUT2D eigenvalue weighted by Gasteiger charge is 2.31. The normalized spacial score (nSPS) is 11.1. The predicted octanol–water partition coefficient (Wildman–Crippen LogP) is 5.66. The average molecular weight is 344 g/mol. The molecule has 0 fully saturated rings. The number of benzene rings is 1. The molecule has 0 aliphatic rings. The Bertz CT molecular complexity index is 495. The van der Waals surface area contributed by atoms with E-state index in [1.807, 2.05) is 6.08 Å². The molecule has 6 heteroatoms. The molecule has 0 amide bonds. The third-order valence-corrected chi connectivity index (χ3v) is 3.36. The van der Waals surface area contributed by atoms with Crippen LogP contribution < -0.4 is 4.74 Å². The fourth-order valence-electron chi connectivity index (χ4n) is 2.14. The van der Waals surface area contributed by atoms with Crippen molar-refractivity contribution < 1.29 is 27.4 Å². The minimum Gasteiger partial charge on any atom is -0.462 e. The van der Waals surface area contributed by atoms with Crippen LogP contribution >= 0.6 is 0 Å². The van der Waals surface area contributed by atoms with Gasteiger partial charge in [0.1, 0.15) is 5.75 Å². The molecule has 0 atom stereocenters. The first-order valence-corrected chi connectivity index (χ1v) is 8.06. The number of carbonyl (C=O) groups excluding carboxylic acids is 1. The van der Waals surface area contributed by atoms with Gasteiger partial charge in [0.05, 0.1) is 12.2 Å². The molecule has 0 aliphatic carbocycles. The summed E-state index contributed by atoms with van der Waals surface area (Å²) < 4.78 is 45.0. The molecule has 0 bridgehead atoms. The Morgan fingerprint density at radius 3 is 2.17 bits per heavy atom. The van der Waals surface area contributed by atoms with E-state index in [2.05, 4.69) is 11.3 Å². The van der Waals surface area contributed by atoms with Crippen molar-refractivity contribution in [3.63, 3.8) is 0 Å². The molecule has 0 heterocycles. The van der Waals surface area contributed by atoms with Crippen molar-refractivity contribution in [1.29, 1.82) is 0 Å². The van der Waals surface area contributed by atoms with E-state index in [9.17, 15) is 18.0 Å². The molecule has 3 nitrogen and oxygen atoms in total. The first kappa shape index (κ1) is 20.1. The van der Waals surface area contributed by atoms with Crippen LogP contribution in [0.5, 0.6) is 5.75 Å². The van der Waals surface area contributed by atoms with Gasteiger partial charge in [-0.1, -0.05) is 31.8 Å². The fraction of sp³-hybridized carbons (Fsp3) is 0.500. The summed E-state index contributed by atoms with van der Waals surface area (Å²) in [5, 5.41) is 0. The number of unbranched alkanes of at least 4 members (excludes halogenated alkanes) is 6. The molecule has 0 saturated carbocycles. The van der Waals surface area contributed by atoms with Gasteiger partial charge in [0.25, 0.3) is 0 Å². The molecule has 0 aliphatic heterocycles. The predicted molar refractivity (Wildman–Crippen MR) is 85.9 cm³/mol. The van der Waals surface area contributed by atoms with Crippen molar-refractivity contribution in [3.05, 3.63) is 42.5 Å². The van der Waals surface area contributed by atoms with E-state index in [0.717, 1.165) is 50.7 Å². The lowest BCUT2D eigenvalue weighted by molar-refractivity contribution is -0.274. The zero-order valence-electron chi connectivity index (χ0n) is 13.6. The van der Waals surface area contributed by atoms with Crippen LogP contribution in [0.25, 0.3) is 0 Å². The number of esters is 1. The second kappa shape index (κ2) is 10.7. The van der Waals surface area contributed by atoms with E-state index in [1.165, 1.54) is 18.6 Å². The van der Waals surface area contributed by atoms with Gasteiger partial charge in [0.2, 0.25) is 0 Å². The molecule has 0 radical (unpaired) electrons. The quantitative estimate of drug-likeness (QED) is 0.295. The van der Waals surface area contributed by atoms with Crippen LogP contribution in [0.1, 0.15) is 55.3 Å². The van der Waals surface area contributed by atoms with Crippen molar-refractivity contribution in [3.8, 4) is 5.75 Å².